The van der Waals surface area contributed by atoms with Gasteiger partial charge in [0.15, 0.2) is 0 Å². The average molecular weight is 243 g/mol. The van der Waals surface area contributed by atoms with Crippen LogP contribution in [0.25, 0.3) is 0 Å². The highest BCUT2D eigenvalue weighted by molar-refractivity contribution is 7.65. The minimum atomic E-state index is -2.75. The molecule has 0 aromatic carbocycles. The summed E-state index contributed by atoms with van der Waals surface area (Å²) in [6, 6.07) is 0. The molecule has 0 aromatic rings. The van der Waals surface area contributed by atoms with Gasteiger partial charge < -0.3 is 0 Å². The van der Waals surface area contributed by atoms with Crippen molar-refractivity contribution in [1.29, 1.82) is 0 Å². The smallest absolute Gasteiger partial charge is 0.228 e. The first-order valence-electron chi connectivity index (χ1n) is 2.37. The molecule has 0 radical (unpaired) electrons. The van der Waals surface area contributed by atoms with Crippen molar-refractivity contribution in [1.82, 2.24) is 3.75 Å². The minimum absolute atomic E-state index is 1.12. The Morgan fingerprint density at radius 1 is 1.22 bits per heavy atom. The van der Waals surface area contributed by atoms with Gasteiger partial charge in [-0.15, -0.1) is 33.2 Å². The van der Waals surface area contributed by atoms with Gasteiger partial charge in [0.1, 0.15) is 8.96 Å². The monoisotopic (exact) mass is 241 g/mol. The van der Waals surface area contributed by atoms with Crippen molar-refractivity contribution in [3.8, 4) is 0 Å². The minimum Gasteiger partial charge on any atom is -0.228 e. The fraction of sp³-hybridized carbons (Fsp3) is 1.00. The first-order valence-corrected chi connectivity index (χ1v) is 10.5. The van der Waals surface area contributed by atoms with Crippen LogP contribution in [0.4, 0.5) is 0 Å². The Hall–Kier alpha value is 1.55. The van der Waals surface area contributed by atoms with Crippen LogP contribution in [0, 0.1) is 0 Å². The molecule has 7 heteroatoms. The molecule has 0 saturated carbocycles. The molecule has 56 valence electrons. The van der Waals surface area contributed by atoms with Crippen molar-refractivity contribution < 1.29 is 0 Å². The van der Waals surface area contributed by atoms with E-state index < -0.39 is 15.1 Å². The standard InChI is InChI=1S/C2H7Cl4NSi2/c1-8(2)7(3)9(4,5)6/h8H,1-2H3. The van der Waals surface area contributed by atoms with Gasteiger partial charge in [0.2, 0.25) is 0 Å². The van der Waals surface area contributed by atoms with Gasteiger partial charge in [-0.05, 0) is 11.8 Å². The normalized spacial score (nSPS) is 13.3. The topological polar surface area (TPSA) is 3.24 Å². The van der Waals surface area contributed by atoms with Crippen LogP contribution in [0.2, 0.25) is 13.1 Å². The van der Waals surface area contributed by atoms with Gasteiger partial charge in [0, 0.05) is 0 Å². The zero-order valence-corrected chi connectivity index (χ0v) is 10.2. The fourth-order valence-electron chi connectivity index (χ4n) is 0.293. The maximum Gasteiger partial charge on any atom is 0.431 e. The Labute approximate surface area is 76.8 Å². The summed E-state index contributed by atoms with van der Waals surface area (Å²) >= 11 is 22.4. The van der Waals surface area contributed by atoms with Crippen molar-refractivity contribution in [3.05, 3.63) is 0 Å². The van der Waals surface area contributed by atoms with E-state index in [2.05, 4.69) is 0 Å². The third-order valence-corrected chi connectivity index (χ3v) is 10.6. The molecule has 0 bridgehead atoms. The quantitative estimate of drug-likeness (QED) is 0.409. The van der Waals surface area contributed by atoms with Crippen LogP contribution < -0.4 is 0 Å². The molecule has 0 spiro atoms. The molecule has 0 amide bonds. The highest BCUT2D eigenvalue weighted by atomic mass is 35.8. The van der Waals surface area contributed by atoms with E-state index >= 15 is 0 Å². The molecule has 0 aliphatic rings. The average Bonchev–Trinajstić information content (AvgIpc) is 1.62. The summed E-state index contributed by atoms with van der Waals surface area (Å²) in [4.78, 5) is 0. The molecule has 0 atom stereocenters. The van der Waals surface area contributed by atoms with E-state index in [1.807, 2.05) is 13.1 Å². The fourth-order valence-corrected chi connectivity index (χ4v) is 7.90. The number of rotatable bonds is 2. The molecule has 0 rings (SSSR count). The summed E-state index contributed by atoms with van der Waals surface area (Å²) in [5.74, 6) is 0. The van der Waals surface area contributed by atoms with Gasteiger partial charge in [0.05, 0.1) is 0 Å². The summed E-state index contributed by atoms with van der Waals surface area (Å²) in [6.07, 6.45) is -2.75. The zero-order chi connectivity index (χ0) is 7.65. The van der Waals surface area contributed by atoms with Crippen molar-refractivity contribution in [2.24, 2.45) is 0 Å². The van der Waals surface area contributed by atoms with E-state index in [9.17, 15) is 0 Å². The Kier molecular flexibility index (Phi) is 4.46. The Bertz CT molecular complexity index is 91.1. The molecule has 1 nitrogen and oxygen atoms in total. The van der Waals surface area contributed by atoms with Crippen LogP contribution in [0.1, 0.15) is 0 Å². The predicted molar refractivity (Wildman–Crippen MR) is 49.9 cm³/mol. The van der Waals surface area contributed by atoms with Crippen LogP contribution in [0.15, 0.2) is 0 Å². The number of hydrogen-bond acceptors (Lipinski definition) is 1. The molecule has 0 fully saturated rings. The second-order valence-corrected chi connectivity index (χ2v) is 14.1. The molecule has 0 saturated heterocycles. The highest BCUT2D eigenvalue weighted by Crippen LogP contribution is 2.27. The van der Waals surface area contributed by atoms with Crippen molar-refractivity contribution in [3.63, 3.8) is 0 Å². The van der Waals surface area contributed by atoms with E-state index in [1.54, 1.807) is 0 Å². The van der Waals surface area contributed by atoms with Crippen molar-refractivity contribution in [2.75, 3.05) is 0 Å². The van der Waals surface area contributed by atoms with Gasteiger partial charge in [-0.25, -0.2) is 3.75 Å². The molecule has 0 unspecified atom stereocenters. The summed E-state index contributed by atoms with van der Waals surface area (Å²) < 4.78 is 1.40. The third-order valence-electron chi connectivity index (χ3n) is 0.696. The second-order valence-electron chi connectivity index (χ2n) is 1.87. The van der Waals surface area contributed by atoms with Crippen LogP contribution in [-0.2, 0) is 0 Å². The maximum atomic E-state index is 5.65. The van der Waals surface area contributed by atoms with Gasteiger partial charge in [-0.2, -0.15) is 0 Å². The maximum absolute atomic E-state index is 5.65. The van der Waals surface area contributed by atoms with E-state index in [0.29, 0.717) is 0 Å². The molecule has 0 aliphatic heterocycles. The van der Waals surface area contributed by atoms with Gasteiger partial charge in [0.25, 0.3) is 0 Å². The van der Waals surface area contributed by atoms with Crippen LogP contribution >= 0.6 is 45.0 Å². The van der Waals surface area contributed by atoms with Crippen LogP contribution in [0.3, 0.4) is 0 Å². The number of hydrogen-bond donors (Lipinski definition) is 0. The second kappa shape index (κ2) is 3.81. The first kappa shape index (κ1) is 10.6. The summed E-state index contributed by atoms with van der Waals surface area (Å²) in [6.45, 7) is 4.00. The lowest BCUT2D eigenvalue weighted by Gasteiger charge is -2.21. The lowest BCUT2D eigenvalue weighted by atomic mass is 11.9. The Morgan fingerprint density at radius 2 is 1.56 bits per heavy atom. The van der Waals surface area contributed by atoms with Gasteiger partial charge in [-0.3, -0.25) is 0 Å². The van der Waals surface area contributed by atoms with Crippen LogP contribution in [0.5, 0.6) is 0 Å². The lowest BCUT2D eigenvalue weighted by molar-refractivity contribution is 1.09. The molecule has 0 aliphatic carbocycles. The van der Waals surface area contributed by atoms with E-state index in [-0.39, 0.29) is 0 Å². The number of nitrogens with zero attached hydrogens (tertiary/aromatic N) is 1. The van der Waals surface area contributed by atoms with E-state index in [1.165, 1.54) is 3.75 Å². The molecule has 0 aromatic heterocycles. The Morgan fingerprint density at radius 3 is 1.56 bits per heavy atom. The van der Waals surface area contributed by atoms with Crippen LogP contribution in [-0.4, -0.2) is 18.9 Å². The first-order chi connectivity index (χ1) is 3.85. The highest BCUT2D eigenvalue weighted by Gasteiger charge is 2.35. The van der Waals surface area contributed by atoms with E-state index in [4.69, 9.17) is 45.0 Å². The van der Waals surface area contributed by atoms with Crippen molar-refractivity contribution in [2.45, 2.75) is 13.1 Å². The summed E-state index contributed by atoms with van der Waals surface area (Å²) in [5.41, 5.74) is 0. The van der Waals surface area contributed by atoms with Gasteiger partial charge in [-0.1, -0.05) is 13.1 Å². The number of halogens is 4. The summed E-state index contributed by atoms with van der Waals surface area (Å²) in [5, 5.41) is 0. The third kappa shape index (κ3) is 4.08. The molecule has 0 heterocycles. The predicted octanol–water partition coefficient (Wildman–Crippen LogP) is 2.58. The molecular formula is C2H7Cl4NSi2. The molecular weight excluding hydrogens is 236 g/mol. The van der Waals surface area contributed by atoms with E-state index in [0.717, 1.165) is 0 Å². The zero-order valence-electron chi connectivity index (χ0n) is 5.04. The Balaban J connectivity index is 3.88. The van der Waals surface area contributed by atoms with Crippen molar-refractivity contribution >= 4 is 60.1 Å². The summed E-state index contributed by atoms with van der Waals surface area (Å²) in [7, 11) is -1.12. The SMILES string of the molecule is C[SiH](C)N(Cl)[Si](Cl)(Cl)Cl. The molecule has 9 heavy (non-hydrogen) atoms. The van der Waals surface area contributed by atoms with Gasteiger partial charge >= 0.3 is 6.16 Å². The largest absolute Gasteiger partial charge is 0.431 e. The lowest BCUT2D eigenvalue weighted by Crippen LogP contribution is -2.40. The molecule has 0 N–H and O–H groups in total.